The molecule has 0 aliphatic heterocycles. The Bertz CT molecular complexity index is 900. The van der Waals surface area contributed by atoms with E-state index in [1.54, 1.807) is 10.5 Å². The van der Waals surface area contributed by atoms with Gasteiger partial charge in [-0.2, -0.15) is 0 Å². The molecule has 2 heterocycles. The second-order valence-corrected chi connectivity index (χ2v) is 7.03. The number of nitrogens with two attached hydrogens (primary N) is 1. The van der Waals surface area contributed by atoms with Gasteiger partial charge in [-0.1, -0.05) is 50.2 Å². The van der Waals surface area contributed by atoms with E-state index >= 15 is 0 Å². The molecule has 0 unspecified atom stereocenters. The van der Waals surface area contributed by atoms with Gasteiger partial charge in [0.25, 0.3) is 5.56 Å². The van der Waals surface area contributed by atoms with Crippen LogP contribution in [0.2, 0.25) is 0 Å². The highest BCUT2D eigenvalue weighted by atomic mass is 16.1. The molecule has 3 rings (SSSR count). The molecule has 130 valence electrons. The molecule has 0 saturated heterocycles. The molecule has 0 bridgehead atoms. The molecule has 2 aromatic heterocycles. The van der Waals surface area contributed by atoms with Crippen molar-refractivity contribution in [3.63, 3.8) is 0 Å². The zero-order valence-corrected chi connectivity index (χ0v) is 15.1. The minimum atomic E-state index is -0.00776. The Morgan fingerprint density at radius 3 is 2.56 bits per heavy atom. The predicted molar refractivity (Wildman–Crippen MR) is 100 cm³/mol. The average Bonchev–Trinajstić information content (AvgIpc) is 2.59. The molecule has 1 aromatic carbocycles. The first-order valence-electron chi connectivity index (χ1n) is 8.91. The summed E-state index contributed by atoms with van der Waals surface area (Å²) < 4.78 is 1.66. The Kier molecular flexibility index (Phi) is 5.29. The van der Waals surface area contributed by atoms with Crippen molar-refractivity contribution in [3.8, 4) is 0 Å². The number of aromatic nitrogens is 2. The number of benzene rings is 1. The predicted octanol–water partition coefficient (Wildman–Crippen LogP) is 2.85. The minimum Gasteiger partial charge on any atom is -0.335 e. The summed E-state index contributed by atoms with van der Waals surface area (Å²) >= 11 is 0. The minimum absolute atomic E-state index is 0.00776. The van der Waals surface area contributed by atoms with E-state index in [0.29, 0.717) is 18.5 Å². The normalized spacial score (nSPS) is 12.6. The Morgan fingerprint density at radius 1 is 1.08 bits per heavy atom. The summed E-state index contributed by atoms with van der Waals surface area (Å²) in [6.45, 7) is 7.11. The zero-order valence-electron chi connectivity index (χ0n) is 15.1. The quantitative estimate of drug-likeness (QED) is 0.752. The number of quaternary nitrogens is 1. The molecule has 4 nitrogen and oxygen atoms in total. The lowest BCUT2D eigenvalue weighted by Crippen LogP contribution is -2.84. The number of fused-ring (bicyclic) bond motifs is 1. The van der Waals surface area contributed by atoms with Crippen molar-refractivity contribution in [1.82, 2.24) is 9.38 Å². The number of hydrogen-bond donors (Lipinski definition) is 1. The molecular weight excluding hydrogens is 310 g/mol. The molecule has 0 radical (unpaired) electrons. The van der Waals surface area contributed by atoms with Crippen molar-refractivity contribution in [1.29, 1.82) is 0 Å². The molecule has 0 spiro atoms. The average molecular weight is 336 g/mol. The van der Waals surface area contributed by atoms with E-state index in [-0.39, 0.29) is 5.56 Å². The third kappa shape index (κ3) is 4.15. The van der Waals surface area contributed by atoms with E-state index in [0.717, 1.165) is 23.5 Å². The van der Waals surface area contributed by atoms with Gasteiger partial charge in [0, 0.05) is 23.7 Å². The van der Waals surface area contributed by atoms with Gasteiger partial charge in [-0.3, -0.25) is 9.20 Å². The summed E-state index contributed by atoms with van der Waals surface area (Å²) in [5, 5.41) is 2.30. The summed E-state index contributed by atoms with van der Waals surface area (Å²) in [5.74, 6) is 0.610. The van der Waals surface area contributed by atoms with Crippen molar-refractivity contribution in [2.45, 2.75) is 39.8 Å². The molecule has 0 amide bonds. The van der Waals surface area contributed by atoms with Gasteiger partial charge in [0.05, 0.1) is 0 Å². The van der Waals surface area contributed by atoms with Crippen LogP contribution in [-0.2, 0) is 6.54 Å². The van der Waals surface area contributed by atoms with E-state index < -0.39 is 0 Å². The fraction of sp³-hybridized carbons (Fsp3) is 0.333. The van der Waals surface area contributed by atoms with E-state index in [4.69, 9.17) is 0 Å². The van der Waals surface area contributed by atoms with Crippen LogP contribution in [0.15, 0.2) is 59.4 Å². The van der Waals surface area contributed by atoms with E-state index in [2.05, 4.69) is 48.4 Å². The lowest BCUT2D eigenvalue weighted by atomic mass is 9.97. The zero-order chi connectivity index (χ0) is 17.8. The maximum Gasteiger partial charge on any atom is 0.258 e. The Balaban J connectivity index is 1.83. The van der Waals surface area contributed by atoms with Gasteiger partial charge in [-0.25, -0.2) is 4.98 Å². The smallest absolute Gasteiger partial charge is 0.258 e. The Hall–Kier alpha value is -2.46. The Morgan fingerprint density at radius 2 is 1.84 bits per heavy atom. The van der Waals surface area contributed by atoms with Crippen molar-refractivity contribution in [2.75, 3.05) is 0 Å². The molecule has 0 aliphatic carbocycles. The van der Waals surface area contributed by atoms with Gasteiger partial charge in [-0.05, 0) is 25.0 Å². The van der Waals surface area contributed by atoms with Crippen molar-refractivity contribution < 1.29 is 5.32 Å². The number of pyridine rings is 1. The third-order valence-corrected chi connectivity index (χ3v) is 4.50. The lowest BCUT2D eigenvalue weighted by molar-refractivity contribution is -0.713. The van der Waals surface area contributed by atoms with Crippen LogP contribution < -0.4 is 10.9 Å². The molecule has 1 atom stereocenters. The van der Waals surface area contributed by atoms with E-state index in [1.165, 1.54) is 5.56 Å². The van der Waals surface area contributed by atoms with Gasteiger partial charge >= 0.3 is 0 Å². The maximum atomic E-state index is 12.4. The van der Waals surface area contributed by atoms with Crippen LogP contribution in [-0.4, -0.2) is 9.38 Å². The molecule has 0 fully saturated rings. The van der Waals surface area contributed by atoms with Gasteiger partial charge < -0.3 is 5.32 Å². The molecule has 3 aromatic rings. The lowest BCUT2D eigenvalue weighted by Gasteiger charge is -2.18. The largest absolute Gasteiger partial charge is 0.335 e. The third-order valence-electron chi connectivity index (χ3n) is 4.50. The van der Waals surface area contributed by atoms with Crippen molar-refractivity contribution in [3.05, 3.63) is 81.9 Å². The highest BCUT2D eigenvalue weighted by molar-refractivity contribution is 5.40. The van der Waals surface area contributed by atoms with Crippen LogP contribution in [0.25, 0.3) is 5.65 Å². The number of nitrogens with zero attached hydrogens (tertiary/aromatic N) is 2. The van der Waals surface area contributed by atoms with E-state index in [1.807, 2.05) is 31.2 Å². The standard InChI is InChI=1S/C21H25N3O/c1-15(2)12-19(17-9-5-4-6-10-17)22-14-18-13-21(25)24-16(3)8-7-11-20(24)23-18/h4-11,13,15,19,22H,12,14H2,1-3H3/p+1/t19-/m1/s1. The van der Waals surface area contributed by atoms with Crippen LogP contribution in [0.1, 0.15) is 43.3 Å². The summed E-state index contributed by atoms with van der Waals surface area (Å²) in [4.78, 5) is 17.1. The van der Waals surface area contributed by atoms with Gasteiger partial charge in [0.15, 0.2) is 0 Å². The van der Waals surface area contributed by atoms with Crippen LogP contribution in [0, 0.1) is 12.8 Å². The molecular formula is C21H26N3O+. The van der Waals surface area contributed by atoms with Crippen LogP contribution in [0.3, 0.4) is 0 Å². The summed E-state index contributed by atoms with van der Waals surface area (Å²) in [6, 6.07) is 18.4. The Labute approximate surface area is 148 Å². The molecule has 4 heteroatoms. The highest BCUT2D eigenvalue weighted by Crippen LogP contribution is 2.17. The number of rotatable bonds is 6. The highest BCUT2D eigenvalue weighted by Gasteiger charge is 2.17. The molecule has 0 saturated carbocycles. The van der Waals surface area contributed by atoms with Crippen molar-refractivity contribution in [2.24, 2.45) is 5.92 Å². The maximum absolute atomic E-state index is 12.4. The molecule has 0 aliphatic rings. The second kappa shape index (κ2) is 7.62. The second-order valence-electron chi connectivity index (χ2n) is 7.03. The van der Waals surface area contributed by atoms with Gasteiger partial charge in [0.1, 0.15) is 23.9 Å². The van der Waals surface area contributed by atoms with Crippen LogP contribution in [0.4, 0.5) is 0 Å². The van der Waals surface area contributed by atoms with Crippen LogP contribution >= 0.6 is 0 Å². The van der Waals surface area contributed by atoms with E-state index in [9.17, 15) is 4.79 Å². The summed E-state index contributed by atoms with van der Waals surface area (Å²) in [6.07, 6.45) is 1.09. The summed E-state index contributed by atoms with van der Waals surface area (Å²) in [5.41, 5.74) is 3.78. The summed E-state index contributed by atoms with van der Waals surface area (Å²) in [7, 11) is 0. The number of aryl methyl sites for hydroxylation is 1. The van der Waals surface area contributed by atoms with Gasteiger partial charge in [0.2, 0.25) is 0 Å². The monoisotopic (exact) mass is 336 g/mol. The number of hydrogen-bond acceptors (Lipinski definition) is 2. The fourth-order valence-electron chi connectivity index (χ4n) is 3.31. The first-order chi connectivity index (χ1) is 12.0. The first-order valence-corrected chi connectivity index (χ1v) is 8.91. The molecule has 2 N–H and O–H groups in total. The molecule has 25 heavy (non-hydrogen) atoms. The fourth-order valence-corrected chi connectivity index (χ4v) is 3.31. The van der Waals surface area contributed by atoms with Crippen molar-refractivity contribution >= 4 is 5.65 Å². The SMILES string of the molecule is Cc1cccc2nc(C[NH2+][C@H](CC(C)C)c3ccccc3)cc(=O)n12. The van der Waals surface area contributed by atoms with Gasteiger partial charge in [-0.15, -0.1) is 0 Å². The topological polar surface area (TPSA) is 51.0 Å². The van der Waals surface area contributed by atoms with Crippen LogP contribution in [0.5, 0.6) is 0 Å². The first kappa shape index (κ1) is 17.4.